The van der Waals surface area contributed by atoms with Crippen molar-refractivity contribution < 1.29 is 9.53 Å². The molecular weight excluding hydrogens is 270 g/mol. The molecule has 0 radical (unpaired) electrons. The highest BCUT2D eigenvalue weighted by molar-refractivity contribution is 5.90. The molecule has 0 aliphatic rings. The van der Waals surface area contributed by atoms with Crippen LogP contribution < -0.4 is 15.8 Å². The molecule has 2 aromatic rings. The van der Waals surface area contributed by atoms with Crippen LogP contribution in [-0.2, 0) is 17.8 Å². The van der Waals surface area contributed by atoms with Crippen molar-refractivity contribution in [2.24, 2.45) is 5.73 Å². The number of carbonyl (C=O) groups is 1. The van der Waals surface area contributed by atoms with Gasteiger partial charge in [-0.15, -0.1) is 5.10 Å². The monoisotopic (exact) mass is 289 g/mol. The number of ether oxygens (including phenoxy) is 1. The summed E-state index contributed by atoms with van der Waals surface area (Å²) >= 11 is 0. The molecule has 0 bridgehead atoms. The zero-order valence-electron chi connectivity index (χ0n) is 12.0. The van der Waals surface area contributed by atoms with Crippen molar-refractivity contribution in [3.05, 3.63) is 36.2 Å². The number of nitrogens with two attached hydrogens (primary N) is 1. The van der Waals surface area contributed by atoms with Gasteiger partial charge < -0.3 is 15.8 Å². The molecule has 21 heavy (non-hydrogen) atoms. The van der Waals surface area contributed by atoms with Crippen LogP contribution in [0, 0.1) is 0 Å². The maximum absolute atomic E-state index is 11.9. The topological polar surface area (TPSA) is 95.1 Å². The summed E-state index contributed by atoms with van der Waals surface area (Å²) in [6, 6.07) is 7.14. The van der Waals surface area contributed by atoms with Crippen LogP contribution >= 0.6 is 0 Å². The van der Waals surface area contributed by atoms with Gasteiger partial charge in [0.2, 0.25) is 5.91 Å². The van der Waals surface area contributed by atoms with Gasteiger partial charge in [-0.05, 0) is 43.7 Å². The third-order valence-electron chi connectivity index (χ3n) is 2.90. The summed E-state index contributed by atoms with van der Waals surface area (Å²) < 4.78 is 6.58. The Morgan fingerprint density at radius 3 is 2.81 bits per heavy atom. The van der Waals surface area contributed by atoms with Crippen LogP contribution in [-0.4, -0.2) is 34.6 Å². The molecule has 2 rings (SSSR count). The largest absolute Gasteiger partial charge is 0.497 e. The number of amides is 1. The molecule has 3 N–H and O–H groups in total. The maximum atomic E-state index is 11.9. The van der Waals surface area contributed by atoms with E-state index in [1.165, 1.54) is 4.68 Å². The number of anilines is 1. The number of hydrogen-bond donors (Lipinski definition) is 2. The van der Waals surface area contributed by atoms with E-state index in [0.29, 0.717) is 12.2 Å². The average Bonchev–Trinajstić information content (AvgIpc) is 2.93. The summed E-state index contributed by atoms with van der Waals surface area (Å²) in [5.41, 5.74) is 7.00. The van der Waals surface area contributed by atoms with Gasteiger partial charge >= 0.3 is 0 Å². The van der Waals surface area contributed by atoms with Crippen LogP contribution in [0.2, 0.25) is 0 Å². The Hall–Kier alpha value is -2.41. The zero-order chi connectivity index (χ0) is 15.1. The molecule has 1 amide bonds. The van der Waals surface area contributed by atoms with E-state index in [2.05, 4.69) is 15.6 Å². The van der Waals surface area contributed by atoms with Crippen LogP contribution in [0.25, 0.3) is 0 Å². The summed E-state index contributed by atoms with van der Waals surface area (Å²) in [5.74, 6) is 0.587. The van der Waals surface area contributed by atoms with Crippen LogP contribution in [0.1, 0.15) is 12.1 Å². The second kappa shape index (κ2) is 7.39. The highest BCUT2D eigenvalue weighted by Crippen LogP contribution is 2.14. The predicted molar refractivity (Wildman–Crippen MR) is 79.0 cm³/mol. The summed E-state index contributed by atoms with van der Waals surface area (Å²) in [6.45, 7) is 0.743. The summed E-state index contributed by atoms with van der Waals surface area (Å²) in [5, 5.41) is 10.7. The van der Waals surface area contributed by atoms with Crippen LogP contribution in [0.4, 0.5) is 5.69 Å². The van der Waals surface area contributed by atoms with Gasteiger partial charge in [0.1, 0.15) is 12.3 Å². The number of aryl methyl sites for hydroxylation is 1. The number of hydrogen-bond acceptors (Lipinski definition) is 5. The fourth-order valence-electron chi connectivity index (χ4n) is 1.84. The van der Waals surface area contributed by atoms with E-state index in [1.807, 2.05) is 0 Å². The molecule has 7 heteroatoms. The fourth-order valence-corrected chi connectivity index (χ4v) is 1.84. The lowest BCUT2D eigenvalue weighted by molar-refractivity contribution is -0.116. The number of rotatable bonds is 7. The quantitative estimate of drug-likeness (QED) is 0.786. The zero-order valence-corrected chi connectivity index (χ0v) is 12.0. The molecule has 0 fully saturated rings. The number of methoxy groups -OCH3 is 1. The van der Waals surface area contributed by atoms with Crippen molar-refractivity contribution in [1.29, 1.82) is 0 Å². The number of nitrogens with zero attached hydrogens (tertiary/aromatic N) is 3. The van der Waals surface area contributed by atoms with Crippen molar-refractivity contribution in [3.63, 3.8) is 0 Å². The number of carbonyl (C=O) groups excluding carboxylic acids is 1. The molecule has 7 nitrogen and oxygen atoms in total. The van der Waals surface area contributed by atoms with Gasteiger partial charge in [0.15, 0.2) is 0 Å². The Morgan fingerprint density at radius 1 is 1.38 bits per heavy atom. The number of benzene rings is 1. The molecule has 1 aromatic carbocycles. The van der Waals surface area contributed by atoms with E-state index in [0.717, 1.165) is 24.3 Å². The average molecular weight is 289 g/mol. The molecule has 0 aliphatic carbocycles. The molecule has 0 saturated carbocycles. The lowest BCUT2D eigenvalue weighted by atomic mass is 10.2. The van der Waals surface area contributed by atoms with Crippen molar-refractivity contribution in [1.82, 2.24) is 15.0 Å². The molecule has 0 spiro atoms. The van der Waals surface area contributed by atoms with Gasteiger partial charge in [-0.1, -0.05) is 5.21 Å². The minimum absolute atomic E-state index is 0.127. The number of aromatic nitrogens is 3. The van der Waals surface area contributed by atoms with Crippen LogP contribution in [0.5, 0.6) is 5.75 Å². The summed E-state index contributed by atoms with van der Waals surface area (Å²) in [6.07, 6.45) is 3.40. The van der Waals surface area contributed by atoms with Gasteiger partial charge in [0, 0.05) is 11.9 Å². The van der Waals surface area contributed by atoms with Gasteiger partial charge in [-0.3, -0.25) is 4.79 Å². The molecular formula is C14H19N5O2. The first-order chi connectivity index (χ1) is 10.2. The SMILES string of the molecule is COc1ccc(NC(=O)Cn2cc(CCCN)nn2)cc1. The fraction of sp³-hybridized carbons (Fsp3) is 0.357. The lowest BCUT2D eigenvalue weighted by Crippen LogP contribution is -2.19. The van der Waals surface area contributed by atoms with Gasteiger partial charge in [0.05, 0.1) is 12.8 Å². The first kappa shape index (κ1) is 15.0. The molecule has 1 aromatic heterocycles. The lowest BCUT2D eigenvalue weighted by Gasteiger charge is -2.06. The van der Waals surface area contributed by atoms with Crippen molar-refractivity contribution in [3.8, 4) is 5.75 Å². The Labute approximate surface area is 123 Å². The number of nitrogens with one attached hydrogen (secondary N) is 1. The highest BCUT2D eigenvalue weighted by Gasteiger charge is 2.06. The molecule has 0 unspecified atom stereocenters. The minimum atomic E-state index is -0.157. The third kappa shape index (κ3) is 4.57. The van der Waals surface area contributed by atoms with E-state index in [9.17, 15) is 4.79 Å². The minimum Gasteiger partial charge on any atom is -0.497 e. The van der Waals surface area contributed by atoms with Gasteiger partial charge in [-0.25, -0.2) is 4.68 Å². The molecule has 0 saturated heterocycles. The molecule has 1 heterocycles. The maximum Gasteiger partial charge on any atom is 0.246 e. The van der Waals surface area contributed by atoms with Gasteiger partial charge in [0.25, 0.3) is 0 Å². The molecule has 112 valence electrons. The van der Waals surface area contributed by atoms with E-state index in [-0.39, 0.29) is 12.5 Å². The first-order valence-electron chi connectivity index (χ1n) is 6.74. The van der Waals surface area contributed by atoms with Crippen molar-refractivity contribution in [2.45, 2.75) is 19.4 Å². The third-order valence-corrected chi connectivity index (χ3v) is 2.90. The Morgan fingerprint density at radius 2 is 2.14 bits per heavy atom. The molecule has 0 atom stereocenters. The highest BCUT2D eigenvalue weighted by atomic mass is 16.5. The predicted octanol–water partition coefficient (Wildman–Crippen LogP) is 0.817. The Balaban J connectivity index is 1.87. The second-order valence-electron chi connectivity index (χ2n) is 4.58. The Bertz CT molecular complexity index is 579. The van der Waals surface area contributed by atoms with Crippen LogP contribution in [0.3, 0.4) is 0 Å². The van der Waals surface area contributed by atoms with E-state index < -0.39 is 0 Å². The van der Waals surface area contributed by atoms with Gasteiger partial charge in [-0.2, -0.15) is 0 Å². The second-order valence-corrected chi connectivity index (χ2v) is 4.58. The van der Waals surface area contributed by atoms with E-state index in [1.54, 1.807) is 37.6 Å². The standard InChI is InChI=1S/C14H19N5O2/c1-21-13-6-4-11(5-7-13)16-14(20)10-19-9-12(17-18-19)3-2-8-15/h4-7,9H,2-3,8,10,15H2,1H3,(H,16,20). The Kier molecular flexibility index (Phi) is 5.28. The molecule has 0 aliphatic heterocycles. The smallest absolute Gasteiger partial charge is 0.246 e. The van der Waals surface area contributed by atoms with Crippen molar-refractivity contribution >= 4 is 11.6 Å². The van der Waals surface area contributed by atoms with Crippen molar-refractivity contribution in [2.75, 3.05) is 19.0 Å². The van der Waals surface area contributed by atoms with Crippen LogP contribution in [0.15, 0.2) is 30.5 Å². The normalized spacial score (nSPS) is 10.4. The van der Waals surface area contributed by atoms with E-state index in [4.69, 9.17) is 10.5 Å². The summed E-state index contributed by atoms with van der Waals surface area (Å²) in [7, 11) is 1.60. The summed E-state index contributed by atoms with van der Waals surface area (Å²) in [4.78, 5) is 11.9. The van der Waals surface area contributed by atoms with E-state index >= 15 is 0 Å². The first-order valence-corrected chi connectivity index (χ1v) is 6.74.